The number of fused-ring (bicyclic) bond motifs is 1. The van der Waals surface area contributed by atoms with E-state index in [4.69, 9.17) is 18.9 Å². The second kappa shape index (κ2) is 11.9. The number of aromatic hydroxyl groups is 1. The van der Waals surface area contributed by atoms with Gasteiger partial charge in [0.05, 0.1) is 39.9 Å². The lowest BCUT2D eigenvalue weighted by molar-refractivity contribution is 0.299. The van der Waals surface area contributed by atoms with E-state index in [0.29, 0.717) is 64.3 Å². The molecule has 0 radical (unpaired) electrons. The van der Waals surface area contributed by atoms with Crippen molar-refractivity contribution in [2.45, 2.75) is 17.9 Å². The Kier molecular flexibility index (Phi) is 8.45. The molecule has 37 heavy (non-hydrogen) atoms. The average Bonchev–Trinajstić information content (AvgIpc) is 2.93. The molecule has 0 aliphatic carbocycles. The van der Waals surface area contributed by atoms with Crippen LogP contribution in [0.5, 0.6) is 28.7 Å². The minimum Gasteiger partial charge on any atom is -0.503 e. The molecule has 0 bridgehead atoms. The first kappa shape index (κ1) is 26.2. The predicted molar refractivity (Wildman–Crippen MR) is 146 cm³/mol. The fourth-order valence-corrected chi connectivity index (χ4v) is 5.78. The fraction of sp³-hybridized carbons (Fsp3) is 0.286. The van der Waals surface area contributed by atoms with E-state index in [0.717, 1.165) is 5.56 Å². The van der Waals surface area contributed by atoms with Crippen molar-refractivity contribution in [3.05, 3.63) is 76.7 Å². The number of methoxy groups -OCH3 is 3. The minimum atomic E-state index is -0.516. The first-order valence-corrected chi connectivity index (χ1v) is 13.6. The number of hydrogen-bond acceptors (Lipinski definition) is 7. The summed E-state index contributed by atoms with van der Waals surface area (Å²) < 4.78 is 23.7. The van der Waals surface area contributed by atoms with Crippen molar-refractivity contribution in [3.8, 4) is 28.7 Å². The molecular weight excluding hydrogens is 492 g/mol. The molecule has 0 saturated carbocycles. The molecular formula is C28H31N2O6S+. The molecule has 4 aromatic rings. The van der Waals surface area contributed by atoms with E-state index in [-0.39, 0.29) is 11.3 Å². The van der Waals surface area contributed by atoms with Crippen LogP contribution >= 0.6 is 0 Å². The van der Waals surface area contributed by atoms with E-state index >= 15 is 0 Å². The van der Waals surface area contributed by atoms with Crippen LogP contribution in [0.25, 0.3) is 11.0 Å². The minimum absolute atomic E-state index is 0.00814. The third-order valence-electron chi connectivity index (χ3n) is 5.99. The van der Waals surface area contributed by atoms with Crippen LogP contribution in [0.15, 0.2) is 70.5 Å². The van der Waals surface area contributed by atoms with Crippen LogP contribution in [0.3, 0.4) is 0 Å². The normalized spacial score (nSPS) is 11.8. The first-order valence-electron chi connectivity index (χ1n) is 11.8. The lowest BCUT2D eigenvalue weighted by Gasteiger charge is -2.15. The van der Waals surface area contributed by atoms with Crippen molar-refractivity contribution in [1.29, 1.82) is 0 Å². The lowest BCUT2D eigenvalue weighted by Crippen LogP contribution is -2.28. The topological polar surface area (TPSA) is 92.0 Å². The molecule has 2 aromatic carbocycles. The summed E-state index contributed by atoms with van der Waals surface area (Å²) in [5, 5.41) is 11.6. The van der Waals surface area contributed by atoms with Gasteiger partial charge in [-0.15, -0.1) is 0 Å². The molecule has 4 rings (SSSR count). The molecule has 1 unspecified atom stereocenters. The molecule has 0 saturated heterocycles. The Bertz CT molecular complexity index is 1400. The van der Waals surface area contributed by atoms with Gasteiger partial charge in [-0.25, -0.2) is 4.98 Å². The third kappa shape index (κ3) is 5.61. The van der Waals surface area contributed by atoms with Gasteiger partial charge in [-0.3, -0.25) is 9.36 Å². The van der Waals surface area contributed by atoms with Crippen LogP contribution in [0.1, 0.15) is 12.0 Å². The number of ether oxygens (including phenoxy) is 4. The van der Waals surface area contributed by atoms with Crippen LogP contribution in [0.2, 0.25) is 0 Å². The van der Waals surface area contributed by atoms with Crippen molar-refractivity contribution >= 4 is 21.9 Å². The molecule has 0 aliphatic rings. The maximum absolute atomic E-state index is 13.6. The number of aromatic nitrogens is 2. The van der Waals surface area contributed by atoms with Crippen LogP contribution in [0.4, 0.5) is 0 Å². The molecule has 9 heteroatoms. The fourth-order valence-electron chi connectivity index (χ4n) is 4.17. The molecule has 0 aliphatic heterocycles. The van der Waals surface area contributed by atoms with Gasteiger partial charge in [-0.2, -0.15) is 0 Å². The Morgan fingerprint density at radius 3 is 2.32 bits per heavy atom. The third-order valence-corrected chi connectivity index (χ3v) is 7.95. The van der Waals surface area contributed by atoms with Gasteiger partial charge < -0.3 is 24.1 Å². The van der Waals surface area contributed by atoms with Gasteiger partial charge in [0, 0.05) is 35.6 Å². The Hall–Kier alpha value is -3.85. The molecule has 0 amide bonds. The Labute approximate surface area is 218 Å². The van der Waals surface area contributed by atoms with E-state index in [2.05, 4.69) is 4.98 Å². The number of benzene rings is 2. The molecule has 2 heterocycles. The van der Waals surface area contributed by atoms with Crippen molar-refractivity contribution in [2.24, 2.45) is 0 Å². The van der Waals surface area contributed by atoms with Crippen molar-refractivity contribution in [2.75, 3.05) is 39.9 Å². The second-order valence-corrected chi connectivity index (χ2v) is 10.4. The molecule has 194 valence electrons. The summed E-state index contributed by atoms with van der Waals surface area (Å²) in [6.45, 7) is 0.798. The number of rotatable bonds is 11. The van der Waals surface area contributed by atoms with Gasteiger partial charge in [0.1, 0.15) is 23.4 Å². The van der Waals surface area contributed by atoms with Gasteiger partial charge in [-0.1, -0.05) is 30.3 Å². The highest BCUT2D eigenvalue weighted by molar-refractivity contribution is 7.96. The highest BCUT2D eigenvalue weighted by atomic mass is 32.2. The molecule has 1 atom stereocenters. The number of hydrogen-bond donors (Lipinski definition) is 1. The summed E-state index contributed by atoms with van der Waals surface area (Å²) in [5.41, 5.74) is 1.24. The largest absolute Gasteiger partial charge is 0.503 e. The summed E-state index contributed by atoms with van der Waals surface area (Å²) in [6.07, 6.45) is 4.29. The highest BCUT2D eigenvalue weighted by Gasteiger charge is 2.29. The lowest BCUT2D eigenvalue weighted by atomic mass is 10.2. The zero-order valence-electron chi connectivity index (χ0n) is 21.4. The van der Waals surface area contributed by atoms with Crippen molar-refractivity contribution in [1.82, 2.24) is 9.55 Å². The van der Waals surface area contributed by atoms with E-state index < -0.39 is 10.9 Å². The van der Waals surface area contributed by atoms with E-state index in [9.17, 15) is 9.90 Å². The van der Waals surface area contributed by atoms with E-state index in [1.165, 1.54) is 0 Å². The standard InChI is InChI=1S/C28H30N2O6S/c1-33-22-16-20(17-23(34-2)25(22)35-3)36-14-9-15-37(4)26-24(31)21-12-8-13-29-27(21)30(28(26)32)18-19-10-6-5-7-11-19/h5-8,10-13,16-17H,9,14-15,18H2,1-4H3/p+1. The number of pyridine rings is 2. The summed E-state index contributed by atoms with van der Waals surface area (Å²) in [5.74, 6) is 2.80. The predicted octanol–water partition coefficient (Wildman–Crippen LogP) is 4.25. The molecule has 0 fully saturated rings. The highest BCUT2D eigenvalue weighted by Crippen LogP contribution is 2.40. The summed E-state index contributed by atoms with van der Waals surface area (Å²) >= 11 is 0. The van der Waals surface area contributed by atoms with Crippen molar-refractivity contribution < 1.29 is 24.1 Å². The maximum Gasteiger partial charge on any atom is 0.311 e. The summed E-state index contributed by atoms with van der Waals surface area (Å²) in [6, 6.07) is 16.8. The Morgan fingerprint density at radius 2 is 1.68 bits per heavy atom. The summed E-state index contributed by atoms with van der Waals surface area (Å²) in [4.78, 5) is 18.4. The Balaban J connectivity index is 1.53. The molecule has 8 nitrogen and oxygen atoms in total. The van der Waals surface area contributed by atoms with Crippen LogP contribution in [0, 0.1) is 0 Å². The summed E-state index contributed by atoms with van der Waals surface area (Å²) in [7, 11) is 4.15. The van der Waals surface area contributed by atoms with Crippen molar-refractivity contribution in [3.63, 3.8) is 0 Å². The number of nitrogens with zero attached hydrogens (tertiary/aromatic N) is 2. The maximum atomic E-state index is 13.6. The molecule has 0 spiro atoms. The molecule has 2 aromatic heterocycles. The van der Waals surface area contributed by atoms with Gasteiger partial charge in [0.2, 0.25) is 5.75 Å². The van der Waals surface area contributed by atoms with Crippen LogP contribution in [-0.2, 0) is 17.4 Å². The van der Waals surface area contributed by atoms with E-state index in [1.807, 2.05) is 36.6 Å². The Morgan fingerprint density at radius 1 is 0.973 bits per heavy atom. The van der Waals surface area contributed by atoms with Crippen LogP contribution < -0.4 is 24.5 Å². The monoisotopic (exact) mass is 523 g/mol. The SMILES string of the molecule is COc1cc(OCCC[S+](C)c2c(O)c3cccnc3n(Cc3ccccc3)c2=O)cc(OC)c1OC. The quantitative estimate of drug-likeness (QED) is 0.232. The van der Waals surface area contributed by atoms with Gasteiger partial charge in [0.15, 0.2) is 17.2 Å². The van der Waals surface area contributed by atoms with Gasteiger partial charge in [0.25, 0.3) is 4.90 Å². The second-order valence-electron chi connectivity index (χ2n) is 8.33. The zero-order valence-corrected chi connectivity index (χ0v) is 22.2. The molecule has 1 N–H and O–H groups in total. The van der Waals surface area contributed by atoms with E-state index in [1.54, 1.807) is 56.4 Å². The van der Waals surface area contributed by atoms with Gasteiger partial charge >= 0.3 is 5.56 Å². The zero-order chi connectivity index (χ0) is 26.4. The first-order chi connectivity index (χ1) is 18.0. The smallest absolute Gasteiger partial charge is 0.311 e. The van der Waals surface area contributed by atoms with Crippen LogP contribution in [-0.4, -0.2) is 54.6 Å². The van der Waals surface area contributed by atoms with Gasteiger partial charge in [-0.05, 0) is 17.7 Å². The average molecular weight is 524 g/mol.